The predicted molar refractivity (Wildman–Crippen MR) is 80.3 cm³/mol. The normalized spacial score (nSPS) is 11.3. The standard InChI is InChI=1S/C15H19NO2S/c1-12(11-19-2)10-16-15(18)14-8-4-3-6-13(14)7-5-9-17/h3-4,6,8,12,17H,9-11H2,1-2H3,(H,16,18). The summed E-state index contributed by atoms with van der Waals surface area (Å²) in [5.74, 6) is 6.70. The Morgan fingerprint density at radius 1 is 1.47 bits per heavy atom. The number of carbonyl (C=O) groups excluding carboxylic acids is 1. The van der Waals surface area contributed by atoms with E-state index in [1.807, 2.05) is 12.1 Å². The number of nitrogens with one attached hydrogen (secondary N) is 1. The second kappa shape index (κ2) is 8.63. The van der Waals surface area contributed by atoms with E-state index in [-0.39, 0.29) is 12.5 Å². The third-order valence-corrected chi connectivity index (χ3v) is 3.44. The average molecular weight is 277 g/mol. The van der Waals surface area contributed by atoms with Gasteiger partial charge in [-0.25, -0.2) is 0 Å². The molecule has 0 heterocycles. The minimum atomic E-state index is -0.208. The largest absolute Gasteiger partial charge is 0.384 e. The summed E-state index contributed by atoms with van der Waals surface area (Å²) in [5.41, 5.74) is 1.20. The molecular weight excluding hydrogens is 258 g/mol. The number of hydrogen-bond donors (Lipinski definition) is 2. The molecule has 3 nitrogen and oxygen atoms in total. The Morgan fingerprint density at radius 2 is 2.21 bits per heavy atom. The van der Waals surface area contributed by atoms with Crippen molar-refractivity contribution in [1.29, 1.82) is 0 Å². The number of hydrogen-bond acceptors (Lipinski definition) is 3. The lowest BCUT2D eigenvalue weighted by Gasteiger charge is -2.11. The molecule has 0 aliphatic rings. The zero-order valence-electron chi connectivity index (χ0n) is 11.3. The number of thioether (sulfide) groups is 1. The lowest BCUT2D eigenvalue weighted by Crippen LogP contribution is -2.29. The van der Waals surface area contributed by atoms with E-state index in [0.29, 0.717) is 23.6 Å². The average Bonchev–Trinajstić information content (AvgIpc) is 2.43. The summed E-state index contributed by atoms with van der Waals surface area (Å²) in [6.07, 6.45) is 2.05. The molecule has 102 valence electrons. The smallest absolute Gasteiger partial charge is 0.252 e. The zero-order valence-corrected chi connectivity index (χ0v) is 12.1. The van der Waals surface area contributed by atoms with Crippen LogP contribution < -0.4 is 5.32 Å². The fourth-order valence-electron chi connectivity index (χ4n) is 1.63. The highest BCUT2D eigenvalue weighted by Crippen LogP contribution is 2.08. The fraction of sp³-hybridized carbons (Fsp3) is 0.400. The summed E-state index contributed by atoms with van der Waals surface area (Å²) in [6, 6.07) is 7.16. The highest BCUT2D eigenvalue weighted by atomic mass is 32.2. The highest BCUT2D eigenvalue weighted by molar-refractivity contribution is 7.98. The van der Waals surface area contributed by atoms with E-state index in [0.717, 1.165) is 5.75 Å². The van der Waals surface area contributed by atoms with Crippen molar-refractivity contribution < 1.29 is 9.90 Å². The second-order valence-electron chi connectivity index (χ2n) is 4.28. The number of rotatable bonds is 5. The molecule has 1 unspecified atom stereocenters. The third kappa shape index (κ3) is 5.37. The van der Waals surface area contributed by atoms with Crippen molar-refractivity contribution in [1.82, 2.24) is 5.32 Å². The molecule has 0 saturated heterocycles. The first-order valence-corrected chi connectivity index (χ1v) is 7.54. The number of amides is 1. The Bertz CT molecular complexity index is 477. The van der Waals surface area contributed by atoms with Crippen LogP contribution in [-0.4, -0.2) is 36.2 Å². The maximum atomic E-state index is 12.1. The van der Waals surface area contributed by atoms with Gasteiger partial charge in [0.05, 0.1) is 5.56 Å². The first-order valence-electron chi connectivity index (χ1n) is 6.15. The first-order chi connectivity index (χ1) is 9.19. The van der Waals surface area contributed by atoms with Gasteiger partial charge in [-0.3, -0.25) is 4.79 Å². The van der Waals surface area contributed by atoms with Crippen molar-refractivity contribution in [3.63, 3.8) is 0 Å². The maximum absolute atomic E-state index is 12.1. The molecule has 0 spiro atoms. The van der Waals surface area contributed by atoms with Gasteiger partial charge in [0.25, 0.3) is 5.91 Å². The van der Waals surface area contributed by atoms with Gasteiger partial charge in [-0.15, -0.1) is 0 Å². The van der Waals surface area contributed by atoms with Crippen LogP contribution in [0.25, 0.3) is 0 Å². The number of carbonyl (C=O) groups is 1. The molecule has 19 heavy (non-hydrogen) atoms. The van der Waals surface area contributed by atoms with Crippen LogP contribution in [0, 0.1) is 17.8 Å². The van der Waals surface area contributed by atoms with Crippen molar-refractivity contribution >= 4 is 17.7 Å². The number of benzene rings is 1. The third-order valence-electron chi connectivity index (χ3n) is 2.54. The zero-order chi connectivity index (χ0) is 14.1. The second-order valence-corrected chi connectivity index (χ2v) is 5.19. The van der Waals surface area contributed by atoms with E-state index in [2.05, 4.69) is 30.3 Å². The maximum Gasteiger partial charge on any atom is 0.252 e. The Hall–Kier alpha value is -1.44. The number of aliphatic hydroxyl groups is 1. The van der Waals surface area contributed by atoms with Gasteiger partial charge >= 0.3 is 0 Å². The lowest BCUT2D eigenvalue weighted by molar-refractivity contribution is 0.0949. The lowest BCUT2D eigenvalue weighted by atomic mass is 10.1. The Kier molecular flexibility index (Phi) is 7.09. The van der Waals surface area contributed by atoms with E-state index < -0.39 is 0 Å². The summed E-state index contributed by atoms with van der Waals surface area (Å²) in [4.78, 5) is 12.1. The van der Waals surface area contributed by atoms with Gasteiger partial charge in [0.2, 0.25) is 0 Å². The van der Waals surface area contributed by atoms with E-state index >= 15 is 0 Å². The molecule has 4 heteroatoms. The van der Waals surface area contributed by atoms with Gasteiger partial charge in [-0.05, 0) is 30.1 Å². The molecule has 0 bridgehead atoms. The molecule has 2 N–H and O–H groups in total. The van der Waals surface area contributed by atoms with Crippen molar-refractivity contribution in [2.75, 3.05) is 25.2 Å². The van der Waals surface area contributed by atoms with Gasteiger partial charge in [0.15, 0.2) is 0 Å². The van der Waals surface area contributed by atoms with Gasteiger partial charge in [-0.2, -0.15) is 11.8 Å². The van der Waals surface area contributed by atoms with Crippen LogP contribution in [0.5, 0.6) is 0 Å². The summed E-state index contributed by atoms with van der Waals surface area (Å²) in [5, 5.41) is 11.6. The minimum Gasteiger partial charge on any atom is -0.384 e. The molecular formula is C15H19NO2S. The predicted octanol–water partition coefficient (Wildman–Crippen LogP) is 1.76. The van der Waals surface area contributed by atoms with E-state index in [1.54, 1.807) is 23.9 Å². The van der Waals surface area contributed by atoms with Crippen molar-refractivity contribution in [2.24, 2.45) is 5.92 Å². The number of aliphatic hydroxyl groups excluding tert-OH is 1. The molecule has 1 atom stereocenters. The minimum absolute atomic E-state index is 0.115. The molecule has 1 rings (SSSR count). The van der Waals surface area contributed by atoms with Crippen molar-refractivity contribution in [3.8, 4) is 11.8 Å². The topological polar surface area (TPSA) is 49.3 Å². The SMILES string of the molecule is CSCC(C)CNC(=O)c1ccccc1C#CCO. The summed E-state index contributed by atoms with van der Waals surface area (Å²) in [7, 11) is 0. The Labute approximate surface area is 118 Å². The summed E-state index contributed by atoms with van der Waals surface area (Å²) < 4.78 is 0. The monoisotopic (exact) mass is 277 g/mol. The quantitative estimate of drug-likeness (QED) is 0.806. The molecule has 0 radical (unpaired) electrons. The fourth-order valence-corrected chi connectivity index (χ4v) is 2.32. The van der Waals surface area contributed by atoms with Crippen LogP contribution in [0.15, 0.2) is 24.3 Å². The molecule has 0 saturated carbocycles. The molecule has 1 amide bonds. The van der Waals surface area contributed by atoms with Gasteiger partial charge in [0, 0.05) is 12.1 Å². The van der Waals surface area contributed by atoms with Crippen LogP contribution >= 0.6 is 11.8 Å². The Balaban J connectivity index is 2.71. The summed E-state index contributed by atoms with van der Waals surface area (Å²) in [6.45, 7) is 2.55. The highest BCUT2D eigenvalue weighted by Gasteiger charge is 2.10. The van der Waals surface area contributed by atoms with Crippen molar-refractivity contribution in [3.05, 3.63) is 35.4 Å². The van der Waals surface area contributed by atoms with Crippen LogP contribution in [0.3, 0.4) is 0 Å². The molecule has 1 aromatic rings. The van der Waals surface area contributed by atoms with Crippen LogP contribution in [0.2, 0.25) is 0 Å². The van der Waals surface area contributed by atoms with Crippen LogP contribution in [0.1, 0.15) is 22.8 Å². The first kappa shape index (κ1) is 15.6. The van der Waals surface area contributed by atoms with Gasteiger partial charge < -0.3 is 10.4 Å². The van der Waals surface area contributed by atoms with Gasteiger partial charge in [0.1, 0.15) is 6.61 Å². The van der Waals surface area contributed by atoms with Crippen molar-refractivity contribution in [2.45, 2.75) is 6.92 Å². The Morgan fingerprint density at radius 3 is 2.89 bits per heavy atom. The van der Waals surface area contributed by atoms with E-state index in [9.17, 15) is 4.79 Å². The molecule has 1 aromatic carbocycles. The van der Waals surface area contributed by atoms with E-state index in [4.69, 9.17) is 5.11 Å². The van der Waals surface area contributed by atoms with Crippen LogP contribution in [0.4, 0.5) is 0 Å². The summed E-state index contributed by atoms with van der Waals surface area (Å²) >= 11 is 1.77. The van der Waals surface area contributed by atoms with E-state index in [1.165, 1.54) is 0 Å². The molecule has 0 aliphatic carbocycles. The molecule has 0 fully saturated rings. The van der Waals surface area contributed by atoms with Gasteiger partial charge in [-0.1, -0.05) is 30.9 Å². The van der Waals surface area contributed by atoms with Crippen LogP contribution in [-0.2, 0) is 0 Å². The molecule has 0 aromatic heterocycles. The molecule has 0 aliphatic heterocycles.